The molecule has 5 rings (SSSR count). The van der Waals surface area contributed by atoms with Crippen molar-refractivity contribution in [1.82, 2.24) is 4.90 Å². The molecule has 0 atom stereocenters. The Bertz CT molecular complexity index is 1100. The Kier molecular flexibility index (Phi) is 5.13. The van der Waals surface area contributed by atoms with E-state index >= 15 is 0 Å². The average Bonchev–Trinajstić information content (AvgIpc) is 3.27. The number of hydrogen-bond acceptors (Lipinski definition) is 6. The summed E-state index contributed by atoms with van der Waals surface area (Å²) in [5, 5.41) is 3.10. The fourth-order valence-corrected chi connectivity index (χ4v) is 4.39. The van der Waals surface area contributed by atoms with Crippen molar-refractivity contribution in [3.63, 3.8) is 0 Å². The molecule has 0 unspecified atom stereocenters. The number of allylic oxidation sites excluding steroid dienone is 1. The number of benzene rings is 2. The van der Waals surface area contributed by atoms with E-state index < -0.39 is 5.91 Å². The van der Waals surface area contributed by atoms with E-state index in [0.717, 1.165) is 19.6 Å². The number of nitrogens with zero attached hydrogens (tertiary/aromatic N) is 2. The number of carbonyl (C=O) groups excluding carboxylic acids is 3. The lowest BCUT2D eigenvalue weighted by molar-refractivity contribution is -0.123. The second kappa shape index (κ2) is 8.09. The molecular formula is C24H23N3O4. The molecule has 7 nitrogen and oxygen atoms in total. The zero-order valence-corrected chi connectivity index (χ0v) is 17.1. The van der Waals surface area contributed by atoms with E-state index in [2.05, 4.69) is 10.2 Å². The van der Waals surface area contributed by atoms with Crippen LogP contribution in [0.3, 0.4) is 0 Å². The summed E-state index contributed by atoms with van der Waals surface area (Å²) in [4.78, 5) is 42.9. The van der Waals surface area contributed by atoms with E-state index in [9.17, 15) is 14.4 Å². The number of ether oxygens (including phenoxy) is 1. The summed E-state index contributed by atoms with van der Waals surface area (Å²) in [6.07, 6.45) is 0.932. The SMILES string of the molecule is O=C1/C(=C2/C(=O)N(C(=O)CCCN3CCOCC3)c3ccccc32)Nc2ccccc21. The quantitative estimate of drug-likeness (QED) is 0.771. The van der Waals surface area contributed by atoms with Crippen molar-refractivity contribution in [3.05, 3.63) is 65.4 Å². The minimum absolute atomic E-state index is 0.227. The number of amides is 2. The van der Waals surface area contributed by atoms with Gasteiger partial charge in [0.1, 0.15) is 5.70 Å². The normalized spacial score (nSPS) is 20.6. The Morgan fingerprint density at radius 3 is 2.45 bits per heavy atom. The summed E-state index contributed by atoms with van der Waals surface area (Å²) in [6, 6.07) is 14.3. The van der Waals surface area contributed by atoms with Crippen LogP contribution in [0.25, 0.3) is 5.57 Å². The Labute approximate surface area is 180 Å². The van der Waals surface area contributed by atoms with E-state index in [1.807, 2.05) is 12.1 Å². The van der Waals surface area contributed by atoms with Crippen molar-refractivity contribution in [2.45, 2.75) is 12.8 Å². The van der Waals surface area contributed by atoms with Gasteiger partial charge in [0.2, 0.25) is 11.7 Å². The molecule has 31 heavy (non-hydrogen) atoms. The monoisotopic (exact) mass is 417 g/mol. The van der Waals surface area contributed by atoms with Crippen LogP contribution in [0.4, 0.5) is 11.4 Å². The molecule has 2 aromatic carbocycles. The number of carbonyl (C=O) groups is 3. The molecule has 3 aliphatic rings. The number of rotatable bonds is 4. The molecule has 2 aromatic rings. The lowest BCUT2D eigenvalue weighted by Gasteiger charge is -2.26. The zero-order valence-electron chi connectivity index (χ0n) is 17.1. The second-order valence-electron chi connectivity index (χ2n) is 7.86. The number of nitrogens with one attached hydrogen (secondary N) is 1. The molecule has 3 aliphatic heterocycles. The number of anilines is 2. The molecule has 0 bridgehead atoms. The van der Waals surface area contributed by atoms with E-state index in [0.29, 0.717) is 42.1 Å². The van der Waals surface area contributed by atoms with Gasteiger partial charge in [0.25, 0.3) is 5.91 Å². The predicted octanol–water partition coefficient (Wildman–Crippen LogP) is 2.69. The fraction of sp³-hybridized carbons (Fsp3) is 0.292. The van der Waals surface area contributed by atoms with Gasteiger partial charge in [-0.15, -0.1) is 0 Å². The summed E-state index contributed by atoms with van der Waals surface area (Å²) in [6.45, 7) is 3.95. The van der Waals surface area contributed by atoms with E-state index in [-0.39, 0.29) is 29.4 Å². The van der Waals surface area contributed by atoms with Crippen LogP contribution >= 0.6 is 0 Å². The first-order valence-electron chi connectivity index (χ1n) is 10.6. The molecule has 3 heterocycles. The molecule has 0 aromatic heterocycles. The number of fused-ring (bicyclic) bond motifs is 2. The summed E-state index contributed by atoms with van der Waals surface area (Å²) < 4.78 is 5.35. The van der Waals surface area contributed by atoms with Crippen molar-refractivity contribution in [2.75, 3.05) is 43.1 Å². The molecule has 7 heteroatoms. The summed E-state index contributed by atoms with van der Waals surface area (Å²) >= 11 is 0. The van der Waals surface area contributed by atoms with Gasteiger partial charge < -0.3 is 10.1 Å². The van der Waals surface area contributed by atoms with Gasteiger partial charge in [-0.3, -0.25) is 19.3 Å². The van der Waals surface area contributed by atoms with Gasteiger partial charge >= 0.3 is 0 Å². The number of para-hydroxylation sites is 2. The van der Waals surface area contributed by atoms with E-state index in [1.54, 1.807) is 36.4 Å². The highest BCUT2D eigenvalue weighted by Crippen LogP contribution is 2.41. The minimum Gasteiger partial charge on any atom is -0.379 e. The van der Waals surface area contributed by atoms with Crippen LogP contribution < -0.4 is 10.2 Å². The van der Waals surface area contributed by atoms with E-state index in [4.69, 9.17) is 4.74 Å². The van der Waals surface area contributed by atoms with Crippen LogP contribution in [0.5, 0.6) is 0 Å². The number of morpholine rings is 1. The molecule has 1 fully saturated rings. The molecule has 0 spiro atoms. The first-order valence-corrected chi connectivity index (χ1v) is 10.6. The first-order chi connectivity index (χ1) is 15.1. The van der Waals surface area contributed by atoms with Crippen LogP contribution in [0.15, 0.2) is 54.2 Å². The first kappa shape index (κ1) is 19.7. The number of imide groups is 1. The van der Waals surface area contributed by atoms with Gasteiger partial charge in [0, 0.05) is 36.3 Å². The minimum atomic E-state index is -0.443. The molecule has 1 saturated heterocycles. The Hall–Kier alpha value is -3.29. The number of ketones is 1. The molecule has 158 valence electrons. The molecule has 0 aliphatic carbocycles. The molecule has 0 radical (unpaired) electrons. The van der Waals surface area contributed by atoms with Crippen LogP contribution in [0.2, 0.25) is 0 Å². The van der Waals surface area contributed by atoms with Crippen molar-refractivity contribution >= 4 is 34.5 Å². The van der Waals surface area contributed by atoms with Gasteiger partial charge in [-0.2, -0.15) is 0 Å². The fourth-order valence-electron chi connectivity index (χ4n) is 4.39. The van der Waals surface area contributed by atoms with Gasteiger partial charge in [-0.25, -0.2) is 4.90 Å². The third-order valence-electron chi connectivity index (χ3n) is 5.96. The molecule has 1 N–H and O–H groups in total. The maximum atomic E-state index is 13.4. The predicted molar refractivity (Wildman–Crippen MR) is 117 cm³/mol. The Morgan fingerprint density at radius 1 is 0.968 bits per heavy atom. The lowest BCUT2D eigenvalue weighted by Crippen LogP contribution is -2.38. The summed E-state index contributed by atoms with van der Waals surface area (Å²) in [7, 11) is 0. The van der Waals surface area contributed by atoms with Crippen molar-refractivity contribution in [3.8, 4) is 0 Å². The third-order valence-corrected chi connectivity index (χ3v) is 5.96. The van der Waals surface area contributed by atoms with Crippen molar-refractivity contribution in [1.29, 1.82) is 0 Å². The zero-order chi connectivity index (χ0) is 21.4. The number of hydrogen-bond donors (Lipinski definition) is 1. The molecule has 2 amide bonds. The van der Waals surface area contributed by atoms with Crippen LogP contribution in [0.1, 0.15) is 28.8 Å². The Balaban J connectivity index is 1.40. The van der Waals surface area contributed by atoms with Gasteiger partial charge in [0.05, 0.1) is 24.5 Å². The van der Waals surface area contributed by atoms with Gasteiger partial charge in [-0.05, 0) is 31.2 Å². The summed E-state index contributed by atoms with van der Waals surface area (Å²) in [5.41, 5.74) is 2.86. The highest BCUT2D eigenvalue weighted by Gasteiger charge is 2.41. The smallest absolute Gasteiger partial charge is 0.268 e. The maximum absolute atomic E-state index is 13.4. The van der Waals surface area contributed by atoms with Gasteiger partial charge in [-0.1, -0.05) is 30.3 Å². The third kappa shape index (κ3) is 3.45. The van der Waals surface area contributed by atoms with Crippen LogP contribution in [-0.2, 0) is 14.3 Å². The highest BCUT2D eigenvalue weighted by atomic mass is 16.5. The maximum Gasteiger partial charge on any atom is 0.268 e. The number of Topliss-reactive ketones (excluding diaryl/α,β-unsaturated/α-hetero) is 1. The largest absolute Gasteiger partial charge is 0.379 e. The van der Waals surface area contributed by atoms with Crippen molar-refractivity contribution in [2.24, 2.45) is 0 Å². The van der Waals surface area contributed by atoms with Gasteiger partial charge in [0.15, 0.2) is 0 Å². The topological polar surface area (TPSA) is 79.0 Å². The molecule has 0 saturated carbocycles. The second-order valence-corrected chi connectivity index (χ2v) is 7.86. The Morgan fingerprint density at radius 2 is 1.68 bits per heavy atom. The van der Waals surface area contributed by atoms with Crippen LogP contribution in [-0.4, -0.2) is 55.3 Å². The summed E-state index contributed by atoms with van der Waals surface area (Å²) in [5.74, 6) is -0.916. The average molecular weight is 417 g/mol. The van der Waals surface area contributed by atoms with E-state index in [1.165, 1.54) is 4.90 Å². The van der Waals surface area contributed by atoms with Crippen molar-refractivity contribution < 1.29 is 19.1 Å². The standard InChI is InChI=1S/C24H23N3O4/c28-20(10-5-11-26-12-14-31-15-13-26)27-19-9-4-2-7-17(19)21(24(27)30)22-23(29)16-6-1-3-8-18(16)25-22/h1-4,6-9,25H,5,10-15H2/b22-21-. The highest BCUT2D eigenvalue weighted by molar-refractivity contribution is 6.44. The molecular weight excluding hydrogens is 394 g/mol. The van der Waals surface area contributed by atoms with Crippen LogP contribution in [0, 0.1) is 0 Å². The lowest BCUT2D eigenvalue weighted by atomic mass is 10.0.